The number of amides is 2. The topological polar surface area (TPSA) is 105 Å². The third-order valence-electron chi connectivity index (χ3n) is 1.91. The number of phenols is 1. The molecule has 0 radical (unpaired) electrons. The van der Waals surface area contributed by atoms with Crippen LogP contribution in [0.1, 0.15) is 10.4 Å². The molecular formula is C10H10N2O5. The molecule has 1 aromatic rings. The number of hydrogen-bond acceptors (Lipinski definition) is 5. The van der Waals surface area contributed by atoms with E-state index in [1.165, 1.54) is 25.2 Å². The zero-order valence-corrected chi connectivity index (χ0v) is 8.97. The fraction of sp³-hybridized carbons (Fsp3) is 0.200. The highest BCUT2D eigenvalue weighted by Crippen LogP contribution is 2.23. The van der Waals surface area contributed by atoms with E-state index in [9.17, 15) is 19.6 Å². The summed E-state index contributed by atoms with van der Waals surface area (Å²) in [5.74, 6) is -1.53. The summed E-state index contributed by atoms with van der Waals surface area (Å²) in [5.41, 5.74) is 0.0830. The van der Waals surface area contributed by atoms with Gasteiger partial charge < -0.3 is 15.2 Å². The van der Waals surface area contributed by atoms with Crippen molar-refractivity contribution in [1.29, 1.82) is 0 Å². The molecule has 0 saturated heterocycles. The zero-order valence-electron chi connectivity index (χ0n) is 8.97. The molecule has 7 nitrogen and oxygen atoms in total. The predicted molar refractivity (Wildman–Crippen MR) is 57.8 cm³/mol. The summed E-state index contributed by atoms with van der Waals surface area (Å²) in [5, 5.41) is 14.0. The molecule has 0 aliphatic carbocycles. The molecule has 0 aliphatic heterocycles. The Kier molecular flexibility index (Phi) is 4.15. The van der Waals surface area contributed by atoms with Gasteiger partial charge in [0, 0.05) is 18.3 Å². The number of phenolic OH excluding ortho intramolecular Hbond substituents is 1. The average Bonchev–Trinajstić information content (AvgIpc) is 2.35. The Bertz CT molecular complexity index is 458. The molecular weight excluding hydrogens is 228 g/mol. The van der Waals surface area contributed by atoms with Gasteiger partial charge in [0.1, 0.15) is 11.5 Å². The first kappa shape index (κ1) is 12.6. The largest absolute Gasteiger partial charge is 0.507 e. The lowest BCUT2D eigenvalue weighted by Gasteiger charge is -2.06. The van der Waals surface area contributed by atoms with Gasteiger partial charge >= 0.3 is 5.91 Å². The monoisotopic (exact) mass is 238 g/mol. The quantitative estimate of drug-likeness (QED) is 0.739. The van der Waals surface area contributed by atoms with Gasteiger partial charge in [-0.25, -0.2) is 0 Å². The van der Waals surface area contributed by atoms with Gasteiger partial charge in [-0.1, -0.05) is 0 Å². The molecule has 0 fully saturated rings. The standard InChI is InChI=1S/C10H10N2O5/c1-11-10(15)7-3-2-6(4-8(7)13)17-5-9(14)12-16/h2-4,13H,5H2,1H3,(H,11,15). The van der Waals surface area contributed by atoms with Crippen LogP contribution < -0.4 is 10.1 Å². The number of ether oxygens (including phenoxy) is 1. The lowest BCUT2D eigenvalue weighted by molar-refractivity contribution is -0.119. The van der Waals surface area contributed by atoms with Gasteiger partial charge in [0.05, 0.1) is 5.56 Å². The number of nitroso groups, excluding NO2 is 1. The van der Waals surface area contributed by atoms with Crippen molar-refractivity contribution in [3.05, 3.63) is 28.7 Å². The molecule has 0 atom stereocenters. The second-order valence-corrected chi connectivity index (χ2v) is 3.03. The molecule has 0 bridgehead atoms. The first-order valence-corrected chi connectivity index (χ1v) is 4.62. The van der Waals surface area contributed by atoms with Crippen molar-refractivity contribution >= 4 is 11.8 Å². The number of carbonyl (C=O) groups excluding carboxylic acids is 2. The maximum atomic E-state index is 11.2. The van der Waals surface area contributed by atoms with Gasteiger partial charge in [-0.3, -0.25) is 9.59 Å². The van der Waals surface area contributed by atoms with Gasteiger partial charge in [-0.2, -0.15) is 0 Å². The van der Waals surface area contributed by atoms with Gasteiger partial charge in [0.15, 0.2) is 6.61 Å². The number of nitrogens with one attached hydrogen (secondary N) is 1. The number of carbonyl (C=O) groups is 2. The summed E-state index contributed by atoms with van der Waals surface area (Å²) < 4.78 is 4.87. The van der Waals surface area contributed by atoms with Crippen LogP contribution in [0.2, 0.25) is 0 Å². The molecule has 0 saturated carbocycles. The van der Waals surface area contributed by atoms with E-state index in [-0.39, 0.29) is 17.1 Å². The second-order valence-electron chi connectivity index (χ2n) is 3.03. The molecule has 17 heavy (non-hydrogen) atoms. The van der Waals surface area contributed by atoms with Crippen LogP contribution in [0.4, 0.5) is 0 Å². The summed E-state index contributed by atoms with van der Waals surface area (Å²) in [6, 6.07) is 3.90. The minimum atomic E-state index is -0.958. The SMILES string of the molecule is CNC(=O)c1ccc(OCC(=O)N=O)cc1O. The number of aromatic hydroxyl groups is 1. The molecule has 1 rings (SSSR count). The lowest BCUT2D eigenvalue weighted by Crippen LogP contribution is -2.17. The third-order valence-corrected chi connectivity index (χ3v) is 1.91. The minimum Gasteiger partial charge on any atom is -0.507 e. The third kappa shape index (κ3) is 3.26. The van der Waals surface area contributed by atoms with Crippen molar-refractivity contribution in [2.75, 3.05) is 13.7 Å². The highest BCUT2D eigenvalue weighted by atomic mass is 16.5. The molecule has 2 amide bonds. The van der Waals surface area contributed by atoms with E-state index in [4.69, 9.17) is 4.74 Å². The average molecular weight is 238 g/mol. The van der Waals surface area contributed by atoms with E-state index in [0.717, 1.165) is 0 Å². The summed E-state index contributed by atoms with van der Waals surface area (Å²) in [4.78, 5) is 31.6. The van der Waals surface area contributed by atoms with Crippen molar-refractivity contribution in [3.8, 4) is 11.5 Å². The van der Waals surface area contributed by atoms with Crippen molar-refractivity contribution in [2.45, 2.75) is 0 Å². The van der Waals surface area contributed by atoms with E-state index >= 15 is 0 Å². The molecule has 1 aromatic carbocycles. The summed E-state index contributed by atoms with van der Waals surface area (Å²) in [6.07, 6.45) is 0. The summed E-state index contributed by atoms with van der Waals surface area (Å²) >= 11 is 0. The highest BCUT2D eigenvalue weighted by molar-refractivity contribution is 5.96. The van der Waals surface area contributed by atoms with Crippen LogP contribution in [0.5, 0.6) is 11.5 Å². The van der Waals surface area contributed by atoms with Gasteiger partial charge in [-0.15, -0.1) is 4.91 Å². The number of nitrogens with zero attached hydrogens (tertiary/aromatic N) is 1. The van der Waals surface area contributed by atoms with Crippen LogP contribution in [0, 0.1) is 4.91 Å². The van der Waals surface area contributed by atoms with Crippen LogP contribution in [0.15, 0.2) is 23.4 Å². The maximum Gasteiger partial charge on any atom is 0.323 e. The Hall–Kier alpha value is -2.44. The van der Waals surface area contributed by atoms with Gasteiger partial charge in [0.2, 0.25) is 0 Å². The first-order chi connectivity index (χ1) is 8.08. The van der Waals surface area contributed by atoms with Crippen LogP contribution in [0.25, 0.3) is 0 Å². The molecule has 0 unspecified atom stereocenters. The summed E-state index contributed by atoms with van der Waals surface area (Å²) in [7, 11) is 1.43. The Labute approximate surface area is 96.4 Å². The predicted octanol–water partition coefficient (Wildman–Crippen LogP) is 0.424. The fourth-order valence-corrected chi connectivity index (χ4v) is 1.10. The molecule has 7 heteroatoms. The molecule has 90 valence electrons. The molecule has 0 aliphatic rings. The van der Waals surface area contributed by atoms with Crippen molar-refractivity contribution in [3.63, 3.8) is 0 Å². The smallest absolute Gasteiger partial charge is 0.323 e. The Morgan fingerprint density at radius 2 is 2.18 bits per heavy atom. The van der Waals surface area contributed by atoms with Crippen molar-refractivity contribution < 1.29 is 19.4 Å². The normalized spacial score (nSPS) is 9.47. The van der Waals surface area contributed by atoms with E-state index in [2.05, 4.69) is 10.5 Å². The van der Waals surface area contributed by atoms with Crippen LogP contribution in [-0.2, 0) is 4.79 Å². The minimum absolute atomic E-state index is 0.0830. The van der Waals surface area contributed by atoms with Gasteiger partial charge in [-0.05, 0) is 12.1 Å². The van der Waals surface area contributed by atoms with E-state index in [1.807, 2.05) is 0 Å². The maximum absolute atomic E-state index is 11.2. The van der Waals surface area contributed by atoms with Gasteiger partial charge in [0.25, 0.3) is 5.91 Å². The highest BCUT2D eigenvalue weighted by Gasteiger charge is 2.11. The van der Waals surface area contributed by atoms with E-state index < -0.39 is 18.4 Å². The summed E-state index contributed by atoms with van der Waals surface area (Å²) in [6.45, 7) is -0.512. The van der Waals surface area contributed by atoms with Crippen LogP contribution in [0.3, 0.4) is 0 Å². The van der Waals surface area contributed by atoms with E-state index in [0.29, 0.717) is 0 Å². The Morgan fingerprint density at radius 3 is 2.71 bits per heavy atom. The number of hydrogen-bond donors (Lipinski definition) is 2. The van der Waals surface area contributed by atoms with Crippen molar-refractivity contribution in [1.82, 2.24) is 5.32 Å². The Balaban J connectivity index is 2.78. The molecule has 2 N–H and O–H groups in total. The van der Waals surface area contributed by atoms with Crippen molar-refractivity contribution in [2.24, 2.45) is 5.18 Å². The van der Waals surface area contributed by atoms with Crippen LogP contribution >= 0.6 is 0 Å². The zero-order chi connectivity index (χ0) is 12.8. The first-order valence-electron chi connectivity index (χ1n) is 4.62. The van der Waals surface area contributed by atoms with Crippen LogP contribution in [-0.4, -0.2) is 30.6 Å². The second kappa shape index (κ2) is 5.59. The number of benzene rings is 1. The fourth-order valence-electron chi connectivity index (χ4n) is 1.10. The molecule has 0 heterocycles. The Morgan fingerprint density at radius 1 is 1.47 bits per heavy atom. The van der Waals surface area contributed by atoms with E-state index in [1.54, 1.807) is 0 Å². The molecule has 0 aromatic heterocycles. The molecule has 0 spiro atoms. The lowest BCUT2D eigenvalue weighted by atomic mass is 10.2. The number of rotatable bonds is 4.